The lowest BCUT2D eigenvalue weighted by atomic mass is 10.2. The first-order valence-electron chi connectivity index (χ1n) is 7.20. The molecule has 3 heterocycles. The maximum Gasteiger partial charge on any atom is 0.277 e. The molecule has 0 radical (unpaired) electrons. The lowest BCUT2D eigenvalue weighted by Gasteiger charge is -2.15. The molecule has 1 aliphatic heterocycles. The van der Waals surface area contributed by atoms with Crippen molar-refractivity contribution in [3.63, 3.8) is 0 Å². The zero-order chi connectivity index (χ0) is 15.6. The number of nitrogens with zero attached hydrogens (tertiary/aromatic N) is 4. The molecule has 3 aromatic rings. The van der Waals surface area contributed by atoms with E-state index in [0.29, 0.717) is 23.3 Å². The number of nitrogens with one attached hydrogen (secondary N) is 1. The maximum atomic E-state index is 12.7. The number of thiazole rings is 1. The molecule has 1 aromatic carbocycles. The predicted molar refractivity (Wildman–Crippen MR) is 89.3 cm³/mol. The first kappa shape index (κ1) is 13.8. The number of hydrogen-bond donors (Lipinski definition) is 1. The third-order valence-electron chi connectivity index (χ3n) is 3.64. The van der Waals surface area contributed by atoms with Crippen molar-refractivity contribution in [1.82, 2.24) is 15.0 Å². The van der Waals surface area contributed by atoms with Crippen LogP contribution in [0.3, 0.4) is 0 Å². The van der Waals surface area contributed by atoms with Gasteiger partial charge in [-0.2, -0.15) is 0 Å². The van der Waals surface area contributed by atoms with E-state index in [4.69, 9.17) is 0 Å². The number of benzene rings is 1. The Morgan fingerprint density at radius 2 is 2.00 bits per heavy atom. The van der Waals surface area contributed by atoms with Crippen LogP contribution in [0.4, 0.5) is 16.8 Å². The normalized spacial score (nSPS) is 13.0. The van der Waals surface area contributed by atoms with Crippen molar-refractivity contribution in [3.05, 3.63) is 59.4 Å². The smallest absolute Gasteiger partial charge is 0.277 e. The van der Waals surface area contributed by atoms with Gasteiger partial charge in [-0.25, -0.2) is 15.0 Å². The molecule has 0 spiro atoms. The monoisotopic (exact) mass is 323 g/mol. The van der Waals surface area contributed by atoms with Crippen LogP contribution in [0.2, 0.25) is 0 Å². The van der Waals surface area contributed by atoms with E-state index in [1.165, 1.54) is 16.9 Å². The molecule has 0 fully saturated rings. The van der Waals surface area contributed by atoms with Crippen LogP contribution in [0.25, 0.3) is 0 Å². The number of anilines is 3. The molecule has 114 valence electrons. The Balaban J connectivity index is 1.54. The van der Waals surface area contributed by atoms with E-state index in [2.05, 4.69) is 26.3 Å². The number of carbonyl (C=O) groups excluding carboxylic acids is 1. The average Bonchev–Trinajstić information content (AvgIpc) is 3.22. The van der Waals surface area contributed by atoms with Crippen LogP contribution in [-0.4, -0.2) is 27.4 Å². The van der Waals surface area contributed by atoms with Gasteiger partial charge in [0.1, 0.15) is 5.69 Å². The van der Waals surface area contributed by atoms with E-state index >= 15 is 0 Å². The summed E-state index contributed by atoms with van der Waals surface area (Å²) < 4.78 is 0. The number of aromatic nitrogens is 3. The Hall–Kier alpha value is -2.80. The average molecular weight is 323 g/mol. The molecule has 1 N–H and O–H groups in total. The van der Waals surface area contributed by atoms with E-state index in [1.54, 1.807) is 28.7 Å². The van der Waals surface area contributed by atoms with E-state index in [9.17, 15) is 4.79 Å². The highest BCUT2D eigenvalue weighted by molar-refractivity contribution is 7.14. The van der Waals surface area contributed by atoms with Crippen LogP contribution in [0.1, 0.15) is 16.1 Å². The fourth-order valence-electron chi connectivity index (χ4n) is 2.58. The third-order valence-corrected chi connectivity index (χ3v) is 4.40. The van der Waals surface area contributed by atoms with Crippen LogP contribution < -0.4 is 10.2 Å². The zero-order valence-electron chi connectivity index (χ0n) is 12.1. The van der Waals surface area contributed by atoms with Crippen molar-refractivity contribution in [2.24, 2.45) is 0 Å². The first-order chi connectivity index (χ1) is 11.3. The highest BCUT2D eigenvalue weighted by Gasteiger charge is 2.26. The van der Waals surface area contributed by atoms with E-state index in [-0.39, 0.29) is 5.91 Å². The fraction of sp³-hybridized carbons (Fsp3) is 0.125. The van der Waals surface area contributed by atoms with Gasteiger partial charge in [0, 0.05) is 30.0 Å². The highest BCUT2D eigenvalue weighted by Crippen LogP contribution is 2.29. The topological polar surface area (TPSA) is 71.0 Å². The Morgan fingerprint density at radius 1 is 1.17 bits per heavy atom. The highest BCUT2D eigenvalue weighted by atomic mass is 32.1. The molecule has 2 aromatic heterocycles. The Kier molecular flexibility index (Phi) is 3.47. The summed E-state index contributed by atoms with van der Waals surface area (Å²) in [6.45, 7) is 0.695. The van der Waals surface area contributed by atoms with Gasteiger partial charge >= 0.3 is 0 Å². The summed E-state index contributed by atoms with van der Waals surface area (Å²) in [6, 6.07) is 9.72. The Morgan fingerprint density at radius 3 is 2.87 bits per heavy atom. The molecule has 6 nitrogen and oxygen atoms in total. The van der Waals surface area contributed by atoms with Crippen LogP contribution in [0, 0.1) is 0 Å². The van der Waals surface area contributed by atoms with Gasteiger partial charge in [0.25, 0.3) is 5.91 Å². The number of para-hydroxylation sites is 1. The summed E-state index contributed by atoms with van der Waals surface area (Å²) in [7, 11) is 0. The van der Waals surface area contributed by atoms with Crippen LogP contribution in [0.15, 0.2) is 48.1 Å². The molecule has 0 unspecified atom stereocenters. The number of carbonyl (C=O) groups is 1. The van der Waals surface area contributed by atoms with Gasteiger partial charge in [0.15, 0.2) is 5.13 Å². The van der Waals surface area contributed by atoms with Crippen molar-refractivity contribution in [2.75, 3.05) is 16.8 Å². The predicted octanol–water partition coefficient (Wildman–Crippen LogP) is 2.88. The molecule has 23 heavy (non-hydrogen) atoms. The maximum absolute atomic E-state index is 12.7. The van der Waals surface area contributed by atoms with E-state index < -0.39 is 0 Å². The van der Waals surface area contributed by atoms with Crippen molar-refractivity contribution < 1.29 is 4.79 Å². The lowest BCUT2D eigenvalue weighted by molar-refractivity contribution is 0.0985. The first-order valence-corrected chi connectivity index (χ1v) is 8.08. The van der Waals surface area contributed by atoms with Gasteiger partial charge in [-0.1, -0.05) is 18.2 Å². The standard InChI is InChI=1S/C16H13N5OS/c22-14(21-9-6-11-4-1-2-5-13(11)21)12-10-23-16(19-12)20-15-17-7-3-8-18-15/h1-5,7-8,10H,6,9H2,(H,17,18,19,20). The fourth-order valence-corrected chi connectivity index (χ4v) is 3.25. The van der Waals surface area contributed by atoms with Crippen LogP contribution >= 0.6 is 11.3 Å². The molecule has 0 bridgehead atoms. The van der Waals surface area contributed by atoms with Gasteiger partial charge in [-0.3, -0.25) is 4.79 Å². The summed E-state index contributed by atoms with van der Waals surface area (Å²) >= 11 is 1.36. The minimum Gasteiger partial charge on any atom is -0.306 e. The molecule has 0 saturated carbocycles. The minimum absolute atomic E-state index is 0.0757. The molecule has 1 amide bonds. The van der Waals surface area contributed by atoms with Gasteiger partial charge < -0.3 is 10.2 Å². The summed E-state index contributed by atoms with van der Waals surface area (Å²) in [5.74, 6) is 0.389. The number of rotatable bonds is 3. The largest absolute Gasteiger partial charge is 0.306 e. The quantitative estimate of drug-likeness (QED) is 0.802. The van der Waals surface area contributed by atoms with Crippen LogP contribution in [-0.2, 0) is 6.42 Å². The summed E-state index contributed by atoms with van der Waals surface area (Å²) in [4.78, 5) is 27.0. The Labute approximate surface area is 136 Å². The molecular formula is C16H13N5OS. The summed E-state index contributed by atoms with van der Waals surface area (Å²) in [6.07, 6.45) is 4.18. The van der Waals surface area contributed by atoms with E-state index in [1.807, 2.05) is 18.2 Å². The van der Waals surface area contributed by atoms with Gasteiger partial charge in [0.2, 0.25) is 5.95 Å². The minimum atomic E-state index is -0.0757. The van der Waals surface area contributed by atoms with E-state index in [0.717, 1.165) is 12.1 Å². The second-order valence-electron chi connectivity index (χ2n) is 5.07. The molecule has 0 atom stereocenters. The second-order valence-corrected chi connectivity index (χ2v) is 5.93. The zero-order valence-corrected chi connectivity index (χ0v) is 13.0. The molecule has 7 heteroatoms. The van der Waals surface area contributed by atoms with Gasteiger partial charge in [-0.15, -0.1) is 11.3 Å². The van der Waals surface area contributed by atoms with Crippen molar-refractivity contribution in [3.8, 4) is 0 Å². The van der Waals surface area contributed by atoms with Crippen molar-refractivity contribution >= 4 is 34.0 Å². The second kappa shape index (κ2) is 5.77. The lowest BCUT2D eigenvalue weighted by Crippen LogP contribution is -2.29. The van der Waals surface area contributed by atoms with Crippen LogP contribution in [0.5, 0.6) is 0 Å². The number of fused-ring (bicyclic) bond motifs is 1. The third kappa shape index (κ3) is 2.66. The Bertz CT molecular complexity index is 848. The molecular weight excluding hydrogens is 310 g/mol. The molecule has 0 saturated heterocycles. The SMILES string of the molecule is O=C(c1csc(Nc2ncccn2)n1)N1CCc2ccccc21. The molecule has 1 aliphatic rings. The van der Waals surface area contributed by atoms with Gasteiger partial charge in [-0.05, 0) is 24.1 Å². The van der Waals surface area contributed by atoms with Gasteiger partial charge in [0.05, 0.1) is 0 Å². The molecule has 4 rings (SSSR count). The summed E-state index contributed by atoms with van der Waals surface area (Å²) in [5.41, 5.74) is 2.61. The van der Waals surface area contributed by atoms with Crippen molar-refractivity contribution in [1.29, 1.82) is 0 Å². The number of amides is 1. The number of hydrogen-bond acceptors (Lipinski definition) is 6. The summed E-state index contributed by atoms with van der Waals surface area (Å²) in [5, 5.41) is 5.37. The van der Waals surface area contributed by atoms with Crippen molar-refractivity contribution in [2.45, 2.75) is 6.42 Å². The molecule has 0 aliphatic carbocycles.